The second-order valence-corrected chi connectivity index (χ2v) is 6.30. The average Bonchev–Trinajstić information content (AvgIpc) is 3.07. The smallest absolute Gasteiger partial charge is 0.230 e. The van der Waals surface area contributed by atoms with E-state index < -0.39 is 0 Å². The predicted octanol–water partition coefficient (Wildman–Crippen LogP) is 1.30. The Hall–Kier alpha value is -1.80. The standard InChI is InChI=1S/C15H24N6O2/c1-10(2)15-18-17-14(23-15)9-20-5-6-22-13(7-20)8-21-12(4)16-11(3)19-21/h10,13H,5-9H2,1-4H3/t13-/m0/s1. The van der Waals surface area contributed by atoms with Crippen molar-refractivity contribution in [3.05, 3.63) is 23.4 Å². The minimum atomic E-state index is 0.0936. The van der Waals surface area contributed by atoms with Gasteiger partial charge < -0.3 is 9.15 Å². The fraction of sp³-hybridized carbons (Fsp3) is 0.733. The molecule has 0 amide bonds. The monoisotopic (exact) mass is 320 g/mol. The van der Waals surface area contributed by atoms with Crippen LogP contribution in [0.5, 0.6) is 0 Å². The molecular weight excluding hydrogens is 296 g/mol. The van der Waals surface area contributed by atoms with E-state index in [0.29, 0.717) is 31.5 Å². The first-order valence-electron chi connectivity index (χ1n) is 8.05. The third kappa shape index (κ3) is 3.94. The molecule has 0 aliphatic carbocycles. The first-order valence-corrected chi connectivity index (χ1v) is 8.05. The Bertz CT molecular complexity index is 650. The zero-order chi connectivity index (χ0) is 16.4. The quantitative estimate of drug-likeness (QED) is 0.821. The van der Waals surface area contributed by atoms with Crippen molar-refractivity contribution in [3.8, 4) is 0 Å². The summed E-state index contributed by atoms with van der Waals surface area (Å²) in [4.78, 5) is 6.61. The lowest BCUT2D eigenvalue weighted by Crippen LogP contribution is -2.44. The van der Waals surface area contributed by atoms with Gasteiger partial charge in [-0.1, -0.05) is 13.8 Å². The molecular formula is C15H24N6O2. The highest BCUT2D eigenvalue weighted by molar-refractivity contribution is 4.90. The van der Waals surface area contributed by atoms with Gasteiger partial charge in [0.25, 0.3) is 0 Å². The van der Waals surface area contributed by atoms with E-state index in [1.165, 1.54) is 0 Å². The van der Waals surface area contributed by atoms with Crippen molar-refractivity contribution in [2.24, 2.45) is 0 Å². The van der Waals surface area contributed by atoms with Crippen LogP contribution in [0.3, 0.4) is 0 Å². The summed E-state index contributed by atoms with van der Waals surface area (Å²) < 4.78 is 13.5. The fourth-order valence-corrected chi connectivity index (χ4v) is 2.72. The van der Waals surface area contributed by atoms with Crippen molar-refractivity contribution in [2.45, 2.75) is 52.8 Å². The van der Waals surface area contributed by atoms with Crippen molar-refractivity contribution in [1.82, 2.24) is 29.9 Å². The normalized spacial score (nSPS) is 19.6. The predicted molar refractivity (Wildman–Crippen MR) is 82.9 cm³/mol. The Kier molecular flexibility index (Phi) is 4.72. The third-order valence-electron chi connectivity index (χ3n) is 3.90. The van der Waals surface area contributed by atoms with Crippen molar-refractivity contribution >= 4 is 0 Å². The Labute approximate surface area is 135 Å². The van der Waals surface area contributed by atoms with E-state index in [1.807, 2.05) is 32.4 Å². The first kappa shape index (κ1) is 16.1. The molecule has 126 valence electrons. The summed E-state index contributed by atoms with van der Waals surface area (Å²) >= 11 is 0. The summed E-state index contributed by atoms with van der Waals surface area (Å²) in [6.07, 6.45) is 0.0936. The molecule has 1 fully saturated rings. The minimum absolute atomic E-state index is 0.0936. The van der Waals surface area contributed by atoms with E-state index in [9.17, 15) is 0 Å². The Balaban J connectivity index is 1.58. The molecule has 3 heterocycles. The van der Waals surface area contributed by atoms with Gasteiger partial charge in [-0.25, -0.2) is 9.67 Å². The summed E-state index contributed by atoms with van der Waals surface area (Å²) in [7, 11) is 0. The van der Waals surface area contributed by atoms with Crippen LogP contribution in [0.25, 0.3) is 0 Å². The maximum absolute atomic E-state index is 5.86. The van der Waals surface area contributed by atoms with E-state index in [2.05, 4.69) is 25.2 Å². The lowest BCUT2D eigenvalue weighted by Gasteiger charge is -2.32. The number of hydrogen-bond acceptors (Lipinski definition) is 7. The number of morpholine rings is 1. The van der Waals surface area contributed by atoms with Gasteiger partial charge in [0.1, 0.15) is 11.6 Å². The number of aromatic nitrogens is 5. The largest absolute Gasteiger partial charge is 0.424 e. The van der Waals surface area contributed by atoms with E-state index >= 15 is 0 Å². The molecule has 8 nitrogen and oxygen atoms in total. The second-order valence-electron chi connectivity index (χ2n) is 6.30. The molecule has 1 saturated heterocycles. The van der Waals surface area contributed by atoms with Crippen LogP contribution in [0.1, 0.15) is 43.2 Å². The molecule has 0 spiro atoms. The molecule has 23 heavy (non-hydrogen) atoms. The summed E-state index contributed by atoms with van der Waals surface area (Å²) in [5.41, 5.74) is 0. The van der Waals surface area contributed by atoms with Gasteiger partial charge in [0.05, 0.1) is 25.8 Å². The lowest BCUT2D eigenvalue weighted by molar-refractivity contribution is -0.0426. The highest BCUT2D eigenvalue weighted by Crippen LogP contribution is 2.15. The molecule has 1 atom stereocenters. The summed E-state index contributed by atoms with van der Waals surface area (Å²) in [6.45, 7) is 11.7. The van der Waals surface area contributed by atoms with Crippen molar-refractivity contribution in [2.75, 3.05) is 19.7 Å². The highest BCUT2D eigenvalue weighted by Gasteiger charge is 2.23. The molecule has 0 radical (unpaired) electrons. The molecule has 0 unspecified atom stereocenters. The molecule has 1 aliphatic rings. The maximum Gasteiger partial charge on any atom is 0.230 e. The minimum Gasteiger partial charge on any atom is -0.424 e. The Morgan fingerprint density at radius 1 is 1.26 bits per heavy atom. The van der Waals surface area contributed by atoms with Crippen LogP contribution >= 0.6 is 0 Å². The van der Waals surface area contributed by atoms with Gasteiger partial charge in [-0.15, -0.1) is 10.2 Å². The van der Waals surface area contributed by atoms with E-state index in [4.69, 9.17) is 9.15 Å². The van der Waals surface area contributed by atoms with Crippen molar-refractivity contribution in [1.29, 1.82) is 0 Å². The van der Waals surface area contributed by atoms with Gasteiger partial charge in [0.15, 0.2) is 0 Å². The zero-order valence-corrected chi connectivity index (χ0v) is 14.2. The lowest BCUT2D eigenvalue weighted by atomic mass is 10.2. The Morgan fingerprint density at radius 3 is 2.74 bits per heavy atom. The molecule has 3 rings (SSSR count). The summed E-state index contributed by atoms with van der Waals surface area (Å²) in [6, 6.07) is 0. The summed E-state index contributed by atoms with van der Waals surface area (Å²) in [5, 5.41) is 12.6. The molecule has 0 aromatic carbocycles. The van der Waals surface area contributed by atoms with E-state index in [0.717, 1.165) is 24.7 Å². The number of rotatable bonds is 5. The van der Waals surface area contributed by atoms with Crippen LogP contribution in [0.2, 0.25) is 0 Å². The zero-order valence-electron chi connectivity index (χ0n) is 14.2. The fourth-order valence-electron chi connectivity index (χ4n) is 2.72. The van der Waals surface area contributed by atoms with Crippen LogP contribution in [-0.2, 0) is 17.8 Å². The second kappa shape index (κ2) is 6.76. The van der Waals surface area contributed by atoms with Crippen molar-refractivity contribution in [3.63, 3.8) is 0 Å². The SMILES string of the molecule is Cc1nc(C)n(C[C@@H]2CN(Cc3nnc(C(C)C)o3)CCO2)n1. The van der Waals surface area contributed by atoms with Crippen LogP contribution in [-0.4, -0.2) is 55.7 Å². The van der Waals surface area contributed by atoms with Gasteiger partial charge in [-0.05, 0) is 13.8 Å². The maximum atomic E-state index is 5.86. The number of aryl methyl sites for hydroxylation is 2. The Morgan fingerprint density at radius 2 is 2.09 bits per heavy atom. The van der Waals surface area contributed by atoms with Crippen LogP contribution < -0.4 is 0 Å². The number of ether oxygens (including phenoxy) is 1. The summed E-state index contributed by atoms with van der Waals surface area (Å²) in [5.74, 6) is 3.33. The van der Waals surface area contributed by atoms with Crippen molar-refractivity contribution < 1.29 is 9.15 Å². The topological polar surface area (TPSA) is 82.1 Å². The first-order chi connectivity index (χ1) is 11.0. The third-order valence-corrected chi connectivity index (χ3v) is 3.90. The van der Waals surface area contributed by atoms with Crippen LogP contribution in [0.15, 0.2) is 4.42 Å². The molecule has 0 bridgehead atoms. The molecule has 2 aromatic rings. The van der Waals surface area contributed by atoms with E-state index in [1.54, 1.807) is 0 Å². The van der Waals surface area contributed by atoms with Gasteiger partial charge >= 0.3 is 0 Å². The molecule has 1 aliphatic heterocycles. The van der Waals surface area contributed by atoms with Crippen LogP contribution in [0, 0.1) is 13.8 Å². The van der Waals surface area contributed by atoms with Crippen LogP contribution in [0.4, 0.5) is 0 Å². The molecule has 0 N–H and O–H groups in total. The number of hydrogen-bond donors (Lipinski definition) is 0. The van der Waals surface area contributed by atoms with Gasteiger partial charge in [0, 0.05) is 19.0 Å². The van der Waals surface area contributed by atoms with Gasteiger partial charge in [-0.2, -0.15) is 5.10 Å². The number of nitrogens with zero attached hydrogens (tertiary/aromatic N) is 6. The molecule has 0 saturated carbocycles. The van der Waals surface area contributed by atoms with E-state index in [-0.39, 0.29) is 12.0 Å². The van der Waals surface area contributed by atoms with Gasteiger partial charge in [0.2, 0.25) is 11.8 Å². The highest BCUT2D eigenvalue weighted by atomic mass is 16.5. The molecule has 8 heteroatoms. The molecule has 2 aromatic heterocycles. The van der Waals surface area contributed by atoms with Gasteiger partial charge in [-0.3, -0.25) is 4.90 Å². The average molecular weight is 320 g/mol.